The lowest BCUT2D eigenvalue weighted by Crippen LogP contribution is -2.07. The topological polar surface area (TPSA) is 39.4 Å². The van der Waals surface area contributed by atoms with Crippen LogP contribution in [-0.4, -0.2) is 18.3 Å². The van der Waals surface area contributed by atoms with Gasteiger partial charge in [-0.2, -0.15) is 0 Å². The summed E-state index contributed by atoms with van der Waals surface area (Å²) in [5, 5.41) is 0. The van der Waals surface area contributed by atoms with Crippen LogP contribution in [0, 0.1) is 0 Å². The predicted molar refractivity (Wildman–Crippen MR) is 59.3 cm³/mol. The van der Waals surface area contributed by atoms with Gasteiger partial charge in [-0.15, -0.1) is 11.8 Å². The third kappa shape index (κ3) is 2.09. The lowest BCUT2D eigenvalue weighted by atomic mass is 10.2. The molecule has 0 spiro atoms. The van der Waals surface area contributed by atoms with Gasteiger partial charge in [0.1, 0.15) is 5.76 Å². The average molecular weight is 224 g/mol. The highest BCUT2D eigenvalue weighted by molar-refractivity contribution is 8.08. The Balaban J connectivity index is 2.27. The normalized spacial score (nSPS) is 15.8. The maximum absolute atomic E-state index is 11.6. The molecular weight excluding hydrogens is 212 g/mol. The van der Waals surface area contributed by atoms with Crippen molar-refractivity contribution in [2.45, 2.75) is 13.3 Å². The van der Waals surface area contributed by atoms with Crippen LogP contribution in [0.3, 0.4) is 0 Å². The summed E-state index contributed by atoms with van der Waals surface area (Å²) >= 11 is 1.65. The molecule has 0 N–H and O–H groups in total. The van der Waals surface area contributed by atoms with E-state index in [0.29, 0.717) is 6.61 Å². The Labute approximate surface area is 92.5 Å². The molecule has 2 rings (SSSR count). The minimum atomic E-state index is -0.214. The van der Waals surface area contributed by atoms with Crippen LogP contribution < -0.4 is 0 Å². The Morgan fingerprint density at radius 3 is 3.20 bits per heavy atom. The van der Waals surface area contributed by atoms with Crippen molar-refractivity contribution in [3.05, 3.63) is 29.7 Å². The summed E-state index contributed by atoms with van der Waals surface area (Å²) in [6, 6.07) is 3.69. The van der Waals surface area contributed by atoms with E-state index in [1.54, 1.807) is 18.0 Å². The molecule has 0 saturated heterocycles. The van der Waals surface area contributed by atoms with E-state index in [4.69, 9.17) is 9.15 Å². The fourth-order valence-corrected chi connectivity index (χ4v) is 2.62. The van der Waals surface area contributed by atoms with Gasteiger partial charge in [0, 0.05) is 5.75 Å². The van der Waals surface area contributed by atoms with Crippen molar-refractivity contribution in [2.24, 2.45) is 0 Å². The SMILES string of the molecule is CCOC(=O)C1=C(c2ccco2)SCC1. The van der Waals surface area contributed by atoms with E-state index in [1.165, 1.54) is 0 Å². The molecular formula is C11H12O3S. The number of rotatable bonds is 3. The molecule has 3 nitrogen and oxygen atoms in total. The molecule has 1 aromatic heterocycles. The number of hydrogen-bond acceptors (Lipinski definition) is 4. The molecule has 0 atom stereocenters. The number of carbonyl (C=O) groups is 1. The van der Waals surface area contributed by atoms with Gasteiger partial charge in [0.05, 0.1) is 23.3 Å². The van der Waals surface area contributed by atoms with Crippen molar-refractivity contribution < 1.29 is 13.9 Å². The van der Waals surface area contributed by atoms with Crippen LogP contribution in [0.2, 0.25) is 0 Å². The monoisotopic (exact) mass is 224 g/mol. The lowest BCUT2D eigenvalue weighted by molar-refractivity contribution is -0.138. The quantitative estimate of drug-likeness (QED) is 0.740. The molecule has 15 heavy (non-hydrogen) atoms. The predicted octanol–water partition coefficient (Wildman–Crippen LogP) is 2.69. The van der Waals surface area contributed by atoms with E-state index < -0.39 is 0 Å². The minimum Gasteiger partial charge on any atom is -0.464 e. The Bertz CT molecular complexity index is 379. The van der Waals surface area contributed by atoms with Gasteiger partial charge in [0.25, 0.3) is 0 Å². The maximum Gasteiger partial charge on any atom is 0.335 e. The summed E-state index contributed by atoms with van der Waals surface area (Å²) in [6.07, 6.45) is 2.38. The fraction of sp³-hybridized carbons (Fsp3) is 0.364. The standard InChI is InChI=1S/C11H12O3S/c1-2-13-11(12)8-5-7-15-10(8)9-4-3-6-14-9/h3-4,6H,2,5,7H2,1H3. The second-order valence-electron chi connectivity index (χ2n) is 3.10. The van der Waals surface area contributed by atoms with Crippen LogP contribution in [0.25, 0.3) is 4.91 Å². The van der Waals surface area contributed by atoms with E-state index in [9.17, 15) is 4.79 Å². The summed E-state index contributed by atoms with van der Waals surface area (Å²) < 4.78 is 10.3. The van der Waals surface area contributed by atoms with Crippen LogP contribution in [0.4, 0.5) is 0 Å². The van der Waals surface area contributed by atoms with Gasteiger partial charge in [0.2, 0.25) is 0 Å². The molecule has 0 unspecified atom stereocenters. The van der Waals surface area contributed by atoms with E-state index in [1.807, 2.05) is 19.1 Å². The van der Waals surface area contributed by atoms with Crippen molar-refractivity contribution in [1.29, 1.82) is 0 Å². The van der Waals surface area contributed by atoms with E-state index >= 15 is 0 Å². The zero-order chi connectivity index (χ0) is 10.7. The van der Waals surface area contributed by atoms with Gasteiger partial charge in [-0.1, -0.05) is 0 Å². The fourth-order valence-electron chi connectivity index (χ4n) is 1.50. The van der Waals surface area contributed by atoms with Gasteiger partial charge in [0.15, 0.2) is 0 Å². The number of thioether (sulfide) groups is 1. The number of esters is 1. The Kier molecular flexibility index (Phi) is 3.16. The molecule has 0 aliphatic carbocycles. The molecule has 2 heterocycles. The minimum absolute atomic E-state index is 0.214. The van der Waals surface area contributed by atoms with Crippen LogP contribution in [-0.2, 0) is 9.53 Å². The second kappa shape index (κ2) is 4.57. The third-order valence-corrected chi connectivity index (χ3v) is 3.28. The van der Waals surface area contributed by atoms with Crippen molar-refractivity contribution in [3.63, 3.8) is 0 Å². The zero-order valence-electron chi connectivity index (χ0n) is 8.49. The first-order valence-electron chi connectivity index (χ1n) is 4.90. The van der Waals surface area contributed by atoms with Crippen LogP contribution in [0.15, 0.2) is 28.4 Å². The summed E-state index contributed by atoms with van der Waals surface area (Å²) in [5.74, 6) is 1.47. The average Bonchev–Trinajstić information content (AvgIpc) is 2.88. The highest BCUT2D eigenvalue weighted by Gasteiger charge is 2.24. The first-order valence-corrected chi connectivity index (χ1v) is 5.88. The van der Waals surface area contributed by atoms with Gasteiger partial charge < -0.3 is 9.15 Å². The highest BCUT2D eigenvalue weighted by atomic mass is 32.2. The first kappa shape index (κ1) is 10.4. The molecule has 80 valence electrons. The summed E-state index contributed by atoms with van der Waals surface area (Å²) in [7, 11) is 0. The van der Waals surface area contributed by atoms with Gasteiger partial charge >= 0.3 is 5.97 Å². The molecule has 1 aliphatic rings. The molecule has 1 aromatic rings. The molecule has 0 saturated carbocycles. The van der Waals surface area contributed by atoms with E-state index in [2.05, 4.69) is 0 Å². The number of furan rings is 1. The molecule has 0 aromatic carbocycles. The first-order chi connectivity index (χ1) is 7.33. The van der Waals surface area contributed by atoms with Crippen molar-refractivity contribution >= 4 is 22.6 Å². The lowest BCUT2D eigenvalue weighted by Gasteiger charge is -2.03. The highest BCUT2D eigenvalue weighted by Crippen LogP contribution is 2.39. The van der Waals surface area contributed by atoms with Crippen molar-refractivity contribution in [2.75, 3.05) is 12.4 Å². The number of hydrogen-bond donors (Lipinski definition) is 0. The van der Waals surface area contributed by atoms with Gasteiger partial charge in [-0.05, 0) is 25.5 Å². The van der Waals surface area contributed by atoms with Gasteiger partial charge in [-0.3, -0.25) is 0 Å². The molecule has 0 bridgehead atoms. The zero-order valence-corrected chi connectivity index (χ0v) is 9.30. The molecule has 4 heteroatoms. The van der Waals surface area contributed by atoms with Crippen LogP contribution >= 0.6 is 11.8 Å². The van der Waals surface area contributed by atoms with Crippen LogP contribution in [0.1, 0.15) is 19.1 Å². The molecule has 0 radical (unpaired) electrons. The third-order valence-electron chi connectivity index (χ3n) is 2.14. The molecule has 0 fully saturated rings. The number of ether oxygens (including phenoxy) is 1. The smallest absolute Gasteiger partial charge is 0.335 e. The molecule has 0 amide bonds. The van der Waals surface area contributed by atoms with Crippen molar-refractivity contribution in [1.82, 2.24) is 0 Å². The van der Waals surface area contributed by atoms with E-state index in [-0.39, 0.29) is 5.97 Å². The van der Waals surface area contributed by atoms with E-state index in [0.717, 1.165) is 28.4 Å². The Morgan fingerprint density at radius 2 is 2.53 bits per heavy atom. The van der Waals surface area contributed by atoms with Crippen molar-refractivity contribution in [3.8, 4) is 0 Å². The summed E-state index contributed by atoms with van der Waals surface area (Å²) in [4.78, 5) is 12.5. The largest absolute Gasteiger partial charge is 0.464 e. The summed E-state index contributed by atoms with van der Waals surface area (Å²) in [5.41, 5.74) is 0.747. The van der Waals surface area contributed by atoms with Gasteiger partial charge in [-0.25, -0.2) is 4.79 Å². The maximum atomic E-state index is 11.6. The summed E-state index contributed by atoms with van der Waals surface area (Å²) in [6.45, 7) is 2.23. The molecule has 1 aliphatic heterocycles. The Hall–Kier alpha value is -1.16. The van der Waals surface area contributed by atoms with Crippen LogP contribution in [0.5, 0.6) is 0 Å². The Morgan fingerprint density at radius 1 is 1.67 bits per heavy atom. The second-order valence-corrected chi connectivity index (χ2v) is 4.21. The number of carbonyl (C=O) groups excluding carboxylic acids is 1.